The summed E-state index contributed by atoms with van der Waals surface area (Å²) in [4.78, 5) is 62.2. The fraction of sp³-hybridized carbons (Fsp3) is 0.490. The Hall–Kier alpha value is -5.79. The van der Waals surface area contributed by atoms with Crippen molar-refractivity contribution in [1.82, 2.24) is 9.80 Å². The van der Waals surface area contributed by atoms with E-state index in [0.717, 1.165) is 27.1 Å². The van der Waals surface area contributed by atoms with Crippen molar-refractivity contribution in [1.29, 1.82) is 0 Å². The fourth-order valence-corrected chi connectivity index (χ4v) is 10.9. The number of fused-ring (bicyclic) bond motifs is 4. The smallest absolute Gasteiger partial charge is 0.493 e. The molecule has 7 rings (SSSR count). The molecule has 3 aromatic carbocycles. The summed E-state index contributed by atoms with van der Waals surface area (Å²) in [5.41, 5.74) is 2.73. The van der Waals surface area contributed by atoms with Crippen LogP contribution >= 0.6 is 34.8 Å². The van der Waals surface area contributed by atoms with Crippen molar-refractivity contribution in [3.63, 3.8) is 0 Å². The van der Waals surface area contributed by atoms with Crippen LogP contribution in [0.1, 0.15) is 93.0 Å². The highest BCUT2D eigenvalue weighted by Crippen LogP contribution is 2.48. The quantitative estimate of drug-likeness (QED) is 0.0332. The minimum absolute atomic E-state index is 0.0119. The number of alkyl halides is 6. The molecule has 2 N–H and O–H groups in total. The summed E-state index contributed by atoms with van der Waals surface area (Å²) in [6.45, 7) is 12.4. The molecule has 0 aromatic heterocycles. The van der Waals surface area contributed by atoms with Crippen LogP contribution in [0.15, 0.2) is 66.7 Å². The second-order valence-corrected chi connectivity index (χ2v) is 29.1. The minimum atomic E-state index is -6.18. The van der Waals surface area contributed by atoms with Crippen LogP contribution in [0, 0.1) is 0 Å². The fourth-order valence-electron chi connectivity index (χ4n) is 9.07. The highest BCUT2D eigenvalue weighted by atomic mass is 35.6. The van der Waals surface area contributed by atoms with E-state index >= 15 is 0 Å². The number of nitrogen functional groups attached to an aromatic ring is 1. The number of carbonyl (C=O) groups is 4. The maximum absolute atomic E-state index is 14.6. The van der Waals surface area contributed by atoms with Gasteiger partial charge >= 0.3 is 27.8 Å². The van der Waals surface area contributed by atoms with Gasteiger partial charge in [-0.25, -0.2) is 14.5 Å². The molecule has 27 heteroatoms. The van der Waals surface area contributed by atoms with Gasteiger partial charge in [0.15, 0.2) is 37.5 Å². The summed E-state index contributed by atoms with van der Waals surface area (Å²) < 4.78 is 109. The molecular weight excluding hydrogens is 1130 g/mol. The molecule has 0 saturated heterocycles. The van der Waals surface area contributed by atoms with Crippen LogP contribution in [0.5, 0.6) is 23.0 Å². The van der Waals surface area contributed by atoms with Crippen LogP contribution in [0.3, 0.4) is 0 Å². The van der Waals surface area contributed by atoms with Crippen LogP contribution in [-0.2, 0) is 28.2 Å². The van der Waals surface area contributed by atoms with E-state index < -0.39 is 94.0 Å². The number of ether oxygens (including phenoxy) is 6. The van der Waals surface area contributed by atoms with Gasteiger partial charge in [0.25, 0.3) is 11.8 Å². The highest BCUT2D eigenvalue weighted by Gasteiger charge is 2.54. The Balaban J connectivity index is 1.12. The predicted octanol–water partition coefficient (Wildman–Crippen LogP) is 11.1. The van der Waals surface area contributed by atoms with Crippen molar-refractivity contribution in [2.75, 3.05) is 56.2 Å². The molecule has 78 heavy (non-hydrogen) atoms. The minimum Gasteiger partial charge on any atom is -0.493 e. The molecule has 19 nitrogen and oxygen atoms in total. The first-order valence-electron chi connectivity index (χ1n) is 24.7. The van der Waals surface area contributed by atoms with E-state index in [-0.39, 0.29) is 65.5 Å². The molecule has 4 aliphatic rings. The van der Waals surface area contributed by atoms with Gasteiger partial charge in [0.05, 0.1) is 74.7 Å². The Bertz CT molecular complexity index is 2990. The molecule has 4 heterocycles. The number of unbranched alkanes of at least 4 members (excludes halogenated alkanes) is 2. The van der Waals surface area contributed by atoms with Gasteiger partial charge in [-0.15, -0.1) is 0 Å². The van der Waals surface area contributed by atoms with Crippen molar-refractivity contribution in [3.05, 3.63) is 83.4 Å². The zero-order valence-electron chi connectivity index (χ0n) is 44.2. The lowest BCUT2D eigenvalue weighted by Gasteiger charge is -2.44. The van der Waals surface area contributed by atoms with Gasteiger partial charge in [0.2, 0.25) is 3.79 Å². The molecule has 0 spiro atoms. The maximum atomic E-state index is 14.6. The summed E-state index contributed by atoms with van der Waals surface area (Å²) in [5, 5.41) is -0.564. The Morgan fingerprint density at radius 3 is 1.83 bits per heavy atom. The summed E-state index contributed by atoms with van der Waals surface area (Å²) >= 11 is 18.0. The van der Waals surface area contributed by atoms with Crippen LogP contribution < -0.4 is 34.5 Å². The van der Waals surface area contributed by atoms with Gasteiger partial charge in [0, 0.05) is 36.6 Å². The second-order valence-electron chi connectivity index (χ2n) is 20.2. The number of hydrogen-bond donors (Lipinski definition) is 1. The zero-order valence-corrected chi connectivity index (χ0v) is 48.3. The van der Waals surface area contributed by atoms with Crippen molar-refractivity contribution in [2.24, 2.45) is 0 Å². The molecule has 4 aliphatic heterocycles. The second kappa shape index (κ2) is 23.1. The Morgan fingerprint density at radius 2 is 1.32 bits per heavy atom. The van der Waals surface area contributed by atoms with Crippen molar-refractivity contribution in [2.45, 2.75) is 119 Å². The van der Waals surface area contributed by atoms with Gasteiger partial charge in [-0.2, -0.15) is 21.6 Å². The Kier molecular flexibility index (Phi) is 17.7. The predicted molar refractivity (Wildman–Crippen MR) is 288 cm³/mol. The number of nitrogens with two attached hydrogens (primary N) is 1. The topological polar surface area (TPSA) is 215 Å². The third-order valence-corrected chi connectivity index (χ3v) is 19.8. The maximum Gasteiger partial charge on any atom is 0.534 e. The normalized spacial score (nSPS) is 19.6. The Labute approximate surface area is 466 Å². The summed E-state index contributed by atoms with van der Waals surface area (Å²) in [5.74, 6) is -1.38. The first kappa shape index (κ1) is 59.9. The van der Waals surface area contributed by atoms with Gasteiger partial charge < -0.3 is 52.6 Å². The number of anilines is 3. The molecule has 0 saturated carbocycles. The third kappa shape index (κ3) is 12.6. The number of halogens is 6. The van der Waals surface area contributed by atoms with E-state index in [4.69, 9.17) is 73.4 Å². The number of nitrogens with zero attached hydrogens (tertiary/aromatic N) is 4. The van der Waals surface area contributed by atoms with Crippen LogP contribution in [0.25, 0.3) is 5.57 Å². The third-order valence-electron chi connectivity index (χ3n) is 14.0. The summed E-state index contributed by atoms with van der Waals surface area (Å²) in [6.07, 6.45) is 0.478. The standard InChI is InChI=1S/C51H61Cl3F3N5O14SSi/c1-10-71-47(65)61-29(2)36-20-31(30-15-14-16-32(58)19-30)26-59(36)44(63)34-22-40(69-6)42(24-37(34)61)72-17-12-11-13-18-73-43-25-38-35(23-41(43)70-7)45(64)60-27-33(75-77(67,68)51(55,56)57)21-39(60)46(76-78(8,9)49(3,4)5)62(38)48(66)74-28-50(52,53)54/h14-16,19,22-27,29,36,39,46H,10-13,17-18,20-21,28,58H2,1-9H3/t29-,36-,39-,46-/m0/s1. The van der Waals surface area contributed by atoms with E-state index in [9.17, 15) is 40.8 Å². The molecule has 0 bridgehead atoms. The number of benzene rings is 3. The average molecular weight is 1190 g/mol. The van der Waals surface area contributed by atoms with Crippen molar-refractivity contribution >= 4 is 99.9 Å². The molecule has 0 radical (unpaired) electrons. The van der Waals surface area contributed by atoms with Crippen LogP contribution in [0.4, 0.5) is 39.8 Å². The molecule has 0 fully saturated rings. The number of amides is 4. The summed E-state index contributed by atoms with van der Waals surface area (Å²) in [6, 6.07) is 10.8. The van der Waals surface area contributed by atoms with E-state index in [2.05, 4.69) is 4.18 Å². The first-order chi connectivity index (χ1) is 36.4. The van der Waals surface area contributed by atoms with Crippen LogP contribution in [-0.4, -0.2) is 125 Å². The first-order valence-corrected chi connectivity index (χ1v) is 30.2. The van der Waals surface area contributed by atoms with E-state index in [1.807, 2.05) is 59.0 Å². The lowest BCUT2D eigenvalue weighted by Crippen LogP contribution is -2.58. The number of rotatable bonds is 17. The molecule has 4 amide bonds. The average Bonchev–Trinajstić information content (AvgIpc) is 4.11. The monoisotopic (exact) mass is 1190 g/mol. The molecule has 0 aliphatic carbocycles. The molecule has 426 valence electrons. The molecule has 0 unspecified atom stereocenters. The van der Waals surface area contributed by atoms with Gasteiger partial charge in [-0.1, -0.05) is 67.7 Å². The number of carbonyl (C=O) groups excluding carboxylic acids is 4. The van der Waals surface area contributed by atoms with Crippen molar-refractivity contribution in [3.8, 4) is 23.0 Å². The number of methoxy groups -OCH3 is 2. The highest BCUT2D eigenvalue weighted by molar-refractivity contribution is 7.87. The van der Waals surface area contributed by atoms with Gasteiger partial charge in [0.1, 0.15) is 12.4 Å². The van der Waals surface area contributed by atoms with E-state index in [1.165, 1.54) is 31.3 Å². The molecule has 3 aromatic rings. The van der Waals surface area contributed by atoms with E-state index in [1.54, 1.807) is 36.2 Å². The Morgan fingerprint density at radius 1 is 0.769 bits per heavy atom. The summed E-state index contributed by atoms with van der Waals surface area (Å²) in [7, 11) is -6.48. The zero-order chi connectivity index (χ0) is 57.4. The number of hydrogen-bond acceptors (Lipinski definition) is 15. The molecular formula is C51H61Cl3F3N5O14SSi. The van der Waals surface area contributed by atoms with Gasteiger partial charge in [-0.05, 0) is 93.1 Å². The van der Waals surface area contributed by atoms with Gasteiger partial charge in [-0.3, -0.25) is 14.5 Å². The SMILES string of the molecule is CCOC(=O)N1c2cc(OCCCCCOc3cc4c(cc3OC)C(=O)N3C=C(OS(=O)(=O)C(F)(F)F)C[C@H]3[C@H](O[Si](C)(C)C(C)(C)C)N4C(=O)OCC(Cl)(Cl)Cl)c(OC)cc2C(=O)N2C=C(c3cccc(N)c3)C[C@H]2[C@@H]1C. The lowest BCUT2D eigenvalue weighted by molar-refractivity contribution is -0.0523. The van der Waals surface area contributed by atoms with E-state index in [0.29, 0.717) is 37.1 Å². The largest absolute Gasteiger partial charge is 0.534 e. The van der Waals surface area contributed by atoms with Crippen LogP contribution in [0.2, 0.25) is 18.1 Å². The molecule has 4 atom stereocenters. The van der Waals surface area contributed by atoms with Crippen molar-refractivity contribution < 1.29 is 77.8 Å². The lowest BCUT2D eigenvalue weighted by atomic mass is 9.98.